The Kier molecular flexibility index (Phi) is 2.68. The van der Waals surface area contributed by atoms with Crippen molar-refractivity contribution >= 4 is 22.7 Å². The van der Waals surface area contributed by atoms with E-state index in [4.69, 9.17) is 4.74 Å². The summed E-state index contributed by atoms with van der Waals surface area (Å²) in [6, 6.07) is 5.57. The lowest BCUT2D eigenvalue weighted by Crippen LogP contribution is -2.11. The van der Waals surface area contributed by atoms with Crippen molar-refractivity contribution in [2.45, 2.75) is 0 Å². The molecular weight excluding hydrogens is 208 g/mol. The Labute approximate surface area is 92.4 Å². The molecule has 0 aliphatic heterocycles. The molecule has 0 atom stereocenters. The van der Waals surface area contributed by atoms with Crippen LogP contribution in [0.15, 0.2) is 24.4 Å². The van der Waals surface area contributed by atoms with Gasteiger partial charge in [0, 0.05) is 17.1 Å². The van der Waals surface area contributed by atoms with Gasteiger partial charge < -0.3 is 14.5 Å². The number of H-pyrrole nitrogens is 1. The number of nitrogens with one attached hydrogen (secondary N) is 2. The number of benzene rings is 1. The summed E-state index contributed by atoms with van der Waals surface area (Å²) in [6.07, 6.45) is 1.30. The highest BCUT2D eigenvalue weighted by molar-refractivity contribution is 5.93. The van der Waals surface area contributed by atoms with Gasteiger partial charge in [0.25, 0.3) is 0 Å². The largest absolute Gasteiger partial charge is 0.495 e. The highest BCUT2D eigenvalue weighted by atomic mass is 16.5. The zero-order valence-corrected chi connectivity index (χ0v) is 9.03. The number of aromatic amines is 1. The lowest BCUT2D eigenvalue weighted by molar-refractivity contribution is 0.187. The van der Waals surface area contributed by atoms with Crippen LogP contribution in [-0.2, 0) is 4.74 Å². The number of carbonyl (C=O) groups excluding carboxylic acids is 1. The highest BCUT2D eigenvalue weighted by Gasteiger charge is 2.09. The first-order valence-corrected chi connectivity index (χ1v) is 4.74. The number of aromatic nitrogens is 1. The molecule has 0 aliphatic carbocycles. The lowest BCUT2D eigenvalue weighted by Gasteiger charge is -2.09. The Morgan fingerprint density at radius 2 is 2.19 bits per heavy atom. The van der Waals surface area contributed by atoms with Crippen LogP contribution in [0.5, 0.6) is 5.75 Å². The fourth-order valence-electron chi connectivity index (χ4n) is 1.51. The third-order valence-electron chi connectivity index (χ3n) is 2.30. The van der Waals surface area contributed by atoms with E-state index in [-0.39, 0.29) is 0 Å². The molecule has 0 aliphatic rings. The van der Waals surface area contributed by atoms with Crippen molar-refractivity contribution in [3.8, 4) is 5.75 Å². The van der Waals surface area contributed by atoms with Crippen LogP contribution in [0.2, 0.25) is 0 Å². The Bertz CT molecular complexity index is 519. The van der Waals surface area contributed by atoms with Gasteiger partial charge in [-0.25, -0.2) is 4.79 Å². The molecule has 0 saturated carbocycles. The van der Waals surface area contributed by atoms with Crippen molar-refractivity contribution in [3.63, 3.8) is 0 Å². The van der Waals surface area contributed by atoms with Gasteiger partial charge in [0.2, 0.25) is 0 Å². The normalized spacial score (nSPS) is 10.1. The second-order valence-corrected chi connectivity index (χ2v) is 3.23. The number of amides is 1. The summed E-state index contributed by atoms with van der Waals surface area (Å²) in [4.78, 5) is 14.2. The molecule has 1 amide bonds. The number of fused-ring (bicyclic) bond motifs is 1. The van der Waals surface area contributed by atoms with Gasteiger partial charge in [-0.1, -0.05) is 0 Å². The van der Waals surface area contributed by atoms with Crippen LogP contribution in [0.25, 0.3) is 10.9 Å². The third kappa shape index (κ3) is 1.79. The smallest absolute Gasteiger partial charge is 0.411 e. The zero-order valence-electron chi connectivity index (χ0n) is 9.03. The van der Waals surface area contributed by atoms with Gasteiger partial charge in [-0.3, -0.25) is 5.32 Å². The summed E-state index contributed by atoms with van der Waals surface area (Å²) >= 11 is 0. The van der Waals surface area contributed by atoms with Crippen LogP contribution in [0.3, 0.4) is 0 Å². The van der Waals surface area contributed by atoms with Crippen LogP contribution in [0.4, 0.5) is 10.5 Å². The van der Waals surface area contributed by atoms with Crippen LogP contribution in [0, 0.1) is 0 Å². The summed E-state index contributed by atoms with van der Waals surface area (Å²) in [6.45, 7) is 0. The maximum absolute atomic E-state index is 11.1. The first-order chi connectivity index (χ1) is 7.74. The van der Waals surface area contributed by atoms with Crippen LogP contribution in [0.1, 0.15) is 0 Å². The number of ether oxygens (including phenoxy) is 2. The number of methoxy groups -OCH3 is 2. The molecule has 0 radical (unpaired) electrons. The van der Waals surface area contributed by atoms with E-state index >= 15 is 0 Å². The fraction of sp³-hybridized carbons (Fsp3) is 0.182. The van der Waals surface area contributed by atoms with Crippen molar-refractivity contribution < 1.29 is 14.3 Å². The highest BCUT2D eigenvalue weighted by Crippen LogP contribution is 2.29. The van der Waals surface area contributed by atoms with E-state index in [2.05, 4.69) is 15.0 Å². The molecule has 0 saturated heterocycles. The maximum Gasteiger partial charge on any atom is 0.411 e. The molecule has 0 unspecified atom stereocenters. The molecule has 16 heavy (non-hydrogen) atoms. The van der Waals surface area contributed by atoms with E-state index < -0.39 is 6.09 Å². The molecule has 1 heterocycles. The topological polar surface area (TPSA) is 63.3 Å². The molecule has 1 aromatic heterocycles. The lowest BCUT2D eigenvalue weighted by atomic mass is 10.2. The van der Waals surface area contributed by atoms with Gasteiger partial charge in [0.1, 0.15) is 5.75 Å². The molecule has 2 N–H and O–H groups in total. The molecular formula is C11H12N2O3. The van der Waals surface area contributed by atoms with Crippen molar-refractivity contribution in [3.05, 3.63) is 24.4 Å². The van der Waals surface area contributed by atoms with E-state index in [0.717, 1.165) is 10.9 Å². The van der Waals surface area contributed by atoms with Gasteiger partial charge in [0.15, 0.2) is 0 Å². The minimum atomic E-state index is -0.524. The van der Waals surface area contributed by atoms with Gasteiger partial charge in [0.05, 0.1) is 19.9 Å². The molecule has 5 heteroatoms. The minimum Gasteiger partial charge on any atom is -0.495 e. The van der Waals surface area contributed by atoms with E-state index in [9.17, 15) is 4.79 Å². The molecule has 84 valence electrons. The quantitative estimate of drug-likeness (QED) is 0.816. The first kappa shape index (κ1) is 10.4. The molecule has 0 fully saturated rings. The summed E-state index contributed by atoms with van der Waals surface area (Å²) in [5.74, 6) is 0.595. The van der Waals surface area contributed by atoms with Crippen LogP contribution >= 0.6 is 0 Å². The molecule has 2 rings (SSSR count). The number of rotatable bonds is 2. The average molecular weight is 220 g/mol. The minimum absolute atomic E-state index is 0.524. The first-order valence-electron chi connectivity index (χ1n) is 4.74. The van der Waals surface area contributed by atoms with Crippen molar-refractivity contribution in [2.24, 2.45) is 0 Å². The van der Waals surface area contributed by atoms with Gasteiger partial charge in [-0.2, -0.15) is 0 Å². The van der Waals surface area contributed by atoms with Crippen molar-refractivity contribution in [1.29, 1.82) is 0 Å². The van der Waals surface area contributed by atoms with Crippen molar-refractivity contribution in [1.82, 2.24) is 4.98 Å². The average Bonchev–Trinajstić information content (AvgIpc) is 2.74. The standard InChI is InChI=1S/C11H12N2O3/c1-15-10-5-7-3-4-12-8(7)6-9(10)13-11(14)16-2/h3-6,12H,1-2H3,(H,13,14). The predicted molar refractivity (Wildman–Crippen MR) is 60.9 cm³/mol. The SMILES string of the molecule is COC(=O)Nc1cc2[nH]ccc2cc1OC. The summed E-state index contributed by atoms with van der Waals surface area (Å²) in [7, 11) is 2.87. The number of hydrogen-bond acceptors (Lipinski definition) is 3. The van der Waals surface area contributed by atoms with Gasteiger partial charge in [-0.05, 0) is 18.2 Å². The second kappa shape index (κ2) is 4.14. The Hall–Kier alpha value is -2.17. The number of hydrogen-bond donors (Lipinski definition) is 2. The Morgan fingerprint density at radius 1 is 1.38 bits per heavy atom. The molecule has 5 nitrogen and oxygen atoms in total. The van der Waals surface area contributed by atoms with E-state index in [1.807, 2.05) is 18.3 Å². The third-order valence-corrected chi connectivity index (χ3v) is 2.30. The van der Waals surface area contributed by atoms with Crippen LogP contribution in [-0.4, -0.2) is 25.3 Å². The van der Waals surface area contributed by atoms with E-state index in [0.29, 0.717) is 11.4 Å². The number of carbonyl (C=O) groups is 1. The Morgan fingerprint density at radius 3 is 2.88 bits per heavy atom. The Balaban J connectivity index is 2.44. The predicted octanol–water partition coefficient (Wildman–Crippen LogP) is 2.35. The van der Waals surface area contributed by atoms with Crippen molar-refractivity contribution in [2.75, 3.05) is 19.5 Å². The summed E-state index contributed by atoms with van der Waals surface area (Å²) in [5, 5.41) is 3.61. The summed E-state index contributed by atoms with van der Waals surface area (Å²) in [5.41, 5.74) is 1.50. The van der Waals surface area contributed by atoms with E-state index in [1.54, 1.807) is 13.2 Å². The summed E-state index contributed by atoms with van der Waals surface area (Å²) < 4.78 is 9.72. The molecule has 1 aromatic carbocycles. The fourth-order valence-corrected chi connectivity index (χ4v) is 1.51. The maximum atomic E-state index is 11.1. The zero-order chi connectivity index (χ0) is 11.5. The van der Waals surface area contributed by atoms with E-state index in [1.165, 1.54) is 7.11 Å². The number of anilines is 1. The monoisotopic (exact) mass is 220 g/mol. The molecule has 2 aromatic rings. The molecule has 0 spiro atoms. The van der Waals surface area contributed by atoms with Gasteiger partial charge >= 0.3 is 6.09 Å². The second-order valence-electron chi connectivity index (χ2n) is 3.23. The molecule has 0 bridgehead atoms. The van der Waals surface area contributed by atoms with Gasteiger partial charge in [-0.15, -0.1) is 0 Å². The van der Waals surface area contributed by atoms with Crippen LogP contribution < -0.4 is 10.1 Å².